The lowest BCUT2D eigenvalue weighted by molar-refractivity contribution is -0.121. The van der Waals surface area contributed by atoms with Crippen LogP contribution in [0.4, 0.5) is 0 Å². The number of aliphatic imine (C=N–C) groups is 1. The number of hydrogen-bond acceptors (Lipinski definition) is 3. The molecule has 0 aliphatic rings. The van der Waals surface area contributed by atoms with Crippen LogP contribution in [0, 0.1) is 13.8 Å². The normalized spacial score (nSPS) is 12.2. The van der Waals surface area contributed by atoms with Crippen molar-refractivity contribution in [2.24, 2.45) is 12.0 Å². The van der Waals surface area contributed by atoms with Gasteiger partial charge in [0.1, 0.15) is 0 Å². The van der Waals surface area contributed by atoms with Crippen molar-refractivity contribution in [2.45, 2.75) is 53.6 Å². The summed E-state index contributed by atoms with van der Waals surface area (Å²) in [5.41, 5.74) is 2.96. The van der Waals surface area contributed by atoms with Gasteiger partial charge in [0.05, 0.1) is 18.8 Å². The molecule has 130 valence electrons. The van der Waals surface area contributed by atoms with Crippen LogP contribution in [0.3, 0.4) is 0 Å². The highest BCUT2D eigenvalue weighted by atomic mass is 16.2. The number of hydrogen-bond donors (Lipinski definition) is 3. The summed E-state index contributed by atoms with van der Waals surface area (Å²) in [4.78, 5) is 16.4. The summed E-state index contributed by atoms with van der Waals surface area (Å²) in [5.74, 6) is 0.566. The maximum Gasteiger partial charge on any atom is 0.239 e. The second kappa shape index (κ2) is 7.99. The van der Waals surface area contributed by atoms with Gasteiger partial charge in [0.25, 0.3) is 0 Å². The van der Waals surface area contributed by atoms with E-state index in [0.717, 1.165) is 23.5 Å². The first-order valence-corrected chi connectivity index (χ1v) is 7.96. The van der Waals surface area contributed by atoms with Gasteiger partial charge in [-0.3, -0.25) is 9.48 Å². The Bertz CT molecular complexity index is 568. The van der Waals surface area contributed by atoms with Gasteiger partial charge in [-0.25, -0.2) is 4.99 Å². The predicted octanol–water partition coefficient (Wildman–Crippen LogP) is 1.01. The molecule has 0 atom stereocenters. The number of nitrogens with zero attached hydrogens (tertiary/aromatic N) is 3. The van der Waals surface area contributed by atoms with E-state index in [2.05, 4.69) is 26.0 Å². The summed E-state index contributed by atoms with van der Waals surface area (Å²) < 4.78 is 1.86. The molecule has 0 saturated heterocycles. The first kappa shape index (κ1) is 19.0. The second-order valence-corrected chi connectivity index (χ2v) is 6.62. The third-order valence-corrected chi connectivity index (χ3v) is 3.33. The van der Waals surface area contributed by atoms with E-state index in [-0.39, 0.29) is 18.0 Å². The Balaban J connectivity index is 2.68. The van der Waals surface area contributed by atoms with Crippen LogP contribution < -0.4 is 16.0 Å². The van der Waals surface area contributed by atoms with Crippen molar-refractivity contribution in [2.75, 3.05) is 13.1 Å². The number of aromatic nitrogens is 2. The molecule has 0 unspecified atom stereocenters. The number of nitrogens with one attached hydrogen (secondary N) is 3. The van der Waals surface area contributed by atoms with Crippen LogP contribution in [-0.4, -0.2) is 40.3 Å². The Morgan fingerprint density at radius 2 is 1.91 bits per heavy atom. The SMILES string of the molecule is CCNC(=NCc1c(C)nn(C)c1C)NCC(=O)NC(C)(C)C. The molecule has 1 amide bonds. The first-order chi connectivity index (χ1) is 10.6. The third kappa shape index (κ3) is 6.30. The minimum Gasteiger partial charge on any atom is -0.357 e. The summed E-state index contributed by atoms with van der Waals surface area (Å²) in [6, 6.07) is 0. The number of guanidine groups is 1. The Morgan fingerprint density at radius 1 is 1.26 bits per heavy atom. The van der Waals surface area contributed by atoms with Crippen molar-refractivity contribution in [3.8, 4) is 0 Å². The molecule has 0 aliphatic heterocycles. The zero-order valence-electron chi connectivity index (χ0n) is 15.4. The van der Waals surface area contributed by atoms with Crippen LogP contribution in [0.15, 0.2) is 4.99 Å². The van der Waals surface area contributed by atoms with E-state index >= 15 is 0 Å². The zero-order chi connectivity index (χ0) is 17.6. The molecule has 1 rings (SSSR count). The van der Waals surface area contributed by atoms with Gasteiger partial charge in [0.15, 0.2) is 5.96 Å². The lowest BCUT2D eigenvalue weighted by atomic mass is 10.1. The van der Waals surface area contributed by atoms with Crippen molar-refractivity contribution in [3.63, 3.8) is 0 Å². The van der Waals surface area contributed by atoms with E-state index in [1.807, 2.05) is 53.3 Å². The van der Waals surface area contributed by atoms with Crippen LogP contribution in [0.25, 0.3) is 0 Å². The Labute approximate surface area is 138 Å². The molecular formula is C16H30N6O. The van der Waals surface area contributed by atoms with E-state index < -0.39 is 0 Å². The Kier molecular flexibility index (Phi) is 6.60. The average molecular weight is 322 g/mol. The van der Waals surface area contributed by atoms with Crippen LogP contribution in [0.5, 0.6) is 0 Å². The average Bonchev–Trinajstić information content (AvgIpc) is 2.65. The molecule has 1 heterocycles. The van der Waals surface area contributed by atoms with E-state index in [0.29, 0.717) is 12.5 Å². The maximum absolute atomic E-state index is 11.9. The highest BCUT2D eigenvalue weighted by molar-refractivity contribution is 5.86. The second-order valence-electron chi connectivity index (χ2n) is 6.62. The van der Waals surface area contributed by atoms with Crippen LogP contribution in [-0.2, 0) is 18.4 Å². The third-order valence-electron chi connectivity index (χ3n) is 3.33. The van der Waals surface area contributed by atoms with Gasteiger partial charge in [-0.2, -0.15) is 5.10 Å². The van der Waals surface area contributed by atoms with Gasteiger partial charge in [-0.15, -0.1) is 0 Å². The minimum absolute atomic E-state index is 0.0585. The van der Waals surface area contributed by atoms with Gasteiger partial charge in [0.2, 0.25) is 5.91 Å². The minimum atomic E-state index is -0.238. The topological polar surface area (TPSA) is 83.3 Å². The van der Waals surface area contributed by atoms with Crippen LogP contribution in [0.2, 0.25) is 0 Å². The number of aryl methyl sites for hydroxylation is 2. The van der Waals surface area contributed by atoms with Crippen LogP contribution >= 0.6 is 0 Å². The first-order valence-electron chi connectivity index (χ1n) is 7.96. The lowest BCUT2D eigenvalue weighted by Gasteiger charge is -2.21. The molecule has 7 heteroatoms. The molecule has 23 heavy (non-hydrogen) atoms. The highest BCUT2D eigenvalue weighted by Crippen LogP contribution is 2.12. The van der Waals surface area contributed by atoms with Gasteiger partial charge in [0, 0.05) is 30.4 Å². The number of carbonyl (C=O) groups excluding carboxylic acids is 1. The molecule has 0 aliphatic carbocycles. The van der Waals surface area contributed by atoms with E-state index in [9.17, 15) is 4.79 Å². The van der Waals surface area contributed by atoms with Crippen molar-refractivity contribution in [3.05, 3.63) is 17.0 Å². The molecule has 0 spiro atoms. The van der Waals surface area contributed by atoms with Crippen LogP contribution in [0.1, 0.15) is 44.6 Å². The molecule has 7 nitrogen and oxygen atoms in total. The molecule has 0 aromatic carbocycles. The van der Waals surface area contributed by atoms with Crippen molar-refractivity contribution < 1.29 is 4.79 Å². The molecule has 0 saturated carbocycles. The smallest absolute Gasteiger partial charge is 0.239 e. The predicted molar refractivity (Wildman–Crippen MR) is 93.4 cm³/mol. The monoisotopic (exact) mass is 322 g/mol. The summed E-state index contributed by atoms with van der Waals surface area (Å²) in [6.07, 6.45) is 0. The summed E-state index contributed by atoms with van der Waals surface area (Å²) in [7, 11) is 1.93. The highest BCUT2D eigenvalue weighted by Gasteiger charge is 2.14. The lowest BCUT2D eigenvalue weighted by Crippen LogP contribution is -2.48. The summed E-state index contributed by atoms with van der Waals surface area (Å²) in [5, 5.41) is 13.5. The van der Waals surface area contributed by atoms with Crippen molar-refractivity contribution >= 4 is 11.9 Å². The fourth-order valence-electron chi connectivity index (χ4n) is 2.17. The number of rotatable bonds is 5. The molecule has 0 bridgehead atoms. The van der Waals surface area contributed by atoms with Gasteiger partial charge in [-0.05, 0) is 41.5 Å². The summed E-state index contributed by atoms with van der Waals surface area (Å²) >= 11 is 0. The Hall–Kier alpha value is -2.05. The number of carbonyl (C=O) groups is 1. The van der Waals surface area contributed by atoms with Gasteiger partial charge in [-0.1, -0.05) is 0 Å². The quantitative estimate of drug-likeness (QED) is 0.558. The Morgan fingerprint density at radius 3 is 2.39 bits per heavy atom. The molecule has 0 fully saturated rings. The van der Waals surface area contributed by atoms with E-state index in [1.165, 1.54) is 0 Å². The molecular weight excluding hydrogens is 292 g/mol. The largest absolute Gasteiger partial charge is 0.357 e. The maximum atomic E-state index is 11.9. The molecule has 1 aromatic heterocycles. The van der Waals surface area contributed by atoms with Crippen molar-refractivity contribution in [1.29, 1.82) is 0 Å². The van der Waals surface area contributed by atoms with Gasteiger partial charge < -0.3 is 16.0 Å². The van der Waals surface area contributed by atoms with Gasteiger partial charge >= 0.3 is 0 Å². The van der Waals surface area contributed by atoms with Crippen molar-refractivity contribution in [1.82, 2.24) is 25.7 Å². The molecule has 3 N–H and O–H groups in total. The fraction of sp³-hybridized carbons (Fsp3) is 0.688. The fourth-order valence-corrected chi connectivity index (χ4v) is 2.17. The molecule has 0 radical (unpaired) electrons. The molecule has 1 aromatic rings. The standard InChI is InChI=1S/C16H30N6O/c1-8-17-15(19-10-14(23)20-16(4,5)6)18-9-13-11(2)21-22(7)12(13)3/h8-10H2,1-7H3,(H,20,23)(H2,17,18,19). The number of amides is 1. The summed E-state index contributed by atoms with van der Waals surface area (Å²) in [6.45, 7) is 13.3. The van der Waals surface area contributed by atoms with E-state index in [1.54, 1.807) is 0 Å². The zero-order valence-corrected chi connectivity index (χ0v) is 15.4. The van der Waals surface area contributed by atoms with E-state index in [4.69, 9.17) is 0 Å².